The van der Waals surface area contributed by atoms with E-state index in [1.54, 1.807) is 0 Å². The minimum absolute atomic E-state index is 0.425. The van der Waals surface area contributed by atoms with Crippen molar-refractivity contribution < 1.29 is 4.79 Å². The Bertz CT molecular complexity index is 315. The van der Waals surface area contributed by atoms with E-state index in [2.05, 4.69) is 23.6 Å². The van der Waals surface area contributed by atoms with Crippen molar-refractivity contribution in [2.75, 3.05) is 19.6 Å². The lowest BCUT2D eigenvalue weighted by Crippen LogP contribution is -2.61. The first kappa shape index (κ1) is 11.5. The van der Waals surface area contributed by atoms with Crippen molar-refractivity contribution >= 4 is 5.91 Å². The molecule has 0 spiro atoms. The molecule has 0 N–H and O–H groups in total. The molecule has 96 valence electrons. The van der Waals surface area contributed by atoms with Crippen LogP contribution < -0.4 is 0 Å². The summed E-state index contributed by atoms with van der Waals surface area (Å²) in [6.07, 6.45) is 4.51. The maximum absolute atomic E-state index is 12.0. The maximum Gasteiger partial charge on any atom is 0.222 e. The van der Waals surface area contributed by atoms with Gasteiger partial charge >= 0.3 is 0 Å². The number of amides is 1. The summed E-state index contributed by atoms with van der Waals surface area (Å²) in [6, 6.07) is 1.22. The van der Waals surface area contributed by atoms with Gasteiger partial charge in [-0.3, -0.25) is 4.79 Å². The Morgan fingerprint density at radius 2 is 2.06 bits per heavy atom. The molecule has 3 fully saturated rings. The van der Waals surface area contributed by atoms with Gasteiger partial charge in [0.05, 0.1) is 0 Å². The lowest BCUT2D eigenvalue weighted by Gasteiger charge is -2.53. The zero-order valence-corrected chi connectivity index (χ0v) is 11.1. The van der Waals surface area contributed by atoms with Crippen LogP contribution in [-0.4, -0.2) is 47.4 Å². The highest BCUT2D eigenvalue weighted by Crippen LogP contribution is 2.38. The number of fused-ring (bicyclic) bond motifs is 4. The van der Waals surface area contributed by atoms with Crippen molar-refractivity contribution in [3.8, 4) is 0 Å². The average Bonchev–Trinajstić information content (AvgIpc) is 2.30. The average molecular weight is 236 g/mol. The molecular formula is C14H24N2O. The molecule has 3 rings (SSSR count). The molecule has 3 atom stereocenters. The van der Waals surface area contributed by atoms with E-state index in [1.165, 1.54) is 25.9 Å². The highest BCUT2D eigenvalue weighted by molar-refractivity contribution is 5.77. The highest BCUT2D eigenvalue weighted by Gasteiger charge is 2.44. The van der Waals surface area contributed by atoms with Gasteiger partial charge in [-0.15, -0.1) is 0 Å². The van der Waals surface area contributed by atoms with Crippen molar-refractivity contribution in [2.45, 2.75) is 51.6 Å². The van der Waals surface area contributed by atoms with E-state index < -0.39 is 0 Å². The third-order valence-corrected chi connectivity index (χ3v) is 4.94. The van der Waals surface area contributed by atoms with Crippen LogP contribution in [-0.2, 0) is 4.79 Å². The lowest BCUT2D eigenvalue weighted by molar-refractivity contribution is -0.145. The molecule has 0 saturated carbocycles. The summed E-state index contributed by atoms with van der Waals surface area (Å²) in [6.45, 7) is 8.03. The number of rotatable bonds is 1. The molecule has 2 bridgehead atoms. The zero-order chi connectivity index (χ0) is 12.0. The number of carbonyl (C=O) groups excluding carboxylic acids is 1. The molecule has 3 heteroatoms. The zero-order valence-electron chi connectivity index (χ0n) is 11.1. The van der Waals surface area contributed by atoms with E-state index in [-0.39, 0.29) is 0 Å². The standard InChI is InChI=1S/C14H24N2O/c1-10(2)15-7-11-6-12(9-15)13-4-3-5-14(17)16(13)8-11/h10-13H,3-9H2,1-2H3/t11-,12-,13+/m1/s1. The molecule has 3 aliphatic heterocycles. The van der Waals surface area contributed by atoms with Crippen molar-refractivity contribution in [3.63, 3.8) is 0 Å². The summed E-state index contributed by atoms with van der Waals surface area (Å²) < 4.78 is 0. The van der Waals surface area contributed by atoms with Gasteiger partial charge in [0.25, 0.3) is 0 Å². The number of hydrogen-bond donors (Lipinski definition) is 0. The first-order valence-corrected chi connectivity index (χ1v) is 7.18. The Morgan fingerprint density at radius 1 is 1.24 bits per heavy atom. The van der Waals surface area contributed by atoms with Crippen LogP contribution in [0.15, 0.2) is 0 Å². The predicted molar refractivity (Wildman–Crippen MR) is 67.7 cm³/mol. The second-order valence-corrected chi connectivity index (χ2v) is 6.42. The van der Waals surface area contributed by atoms with E-state index in [4.69, 9.17) is 0 Å². The minimum atomic E-state index is 0.425. The van der Waals surface area contributed by atoms with Gasteiger partial charge in [-0.1, -0.05) is 0 Å². The van der Waals surface area contributed by atoms with Crippen LogP contribution in [0.4, 0.5) is 0 Å². The van der Waals surface area contributed by atoms with E-state index in [0.29, 0.717) is 18.0 Å². The summed E-state index contributed by atoms with van der Waals surface area (Å²) in [7, 11) is 0. The van der Waals surface area contributed by atoms with Gasteiger partial charge in [-0.05, 0) is 44.9 Å². The van der Waals surface area contributed by atoms with Crippen molar-refractivity contribution in [2.24, 2.45) is 11.8 Å². The monoisotopic (exact) mass is 236 g/mol. The Hall–Kier alpha value is -0.570. The molecule has 1 amide bonds. The molecule has 3 saturated heterocycles. The Balaban J connectivity index is 1.77. The minimum Gasteiger partial charge on any atom is -0.339 e. The molecule has 0 aliphatic carbocycles. The number of piperidine rings is 3. The second kappa shape index (κ2) is 4.27. The number of nitrogens with zero attached hydrogens (tertiary/aromatic N) is 2. The molecule has 0 unspecified atom stereocenters. The molecule has 3 aliphatic rings. The van der Waals surface area contributed by atoms with Crippen LogP contribution >= 0.6 is 0 Å². The van der Waals surface area contributed by atoms with Gasteiger partial charge in [-0.25, -0.2) is 0 Å². The van der Waals surface area contributed by atoms with Crippen molar-refractivity contribution in [1.29, 1.82) is 0 Å². The summed E-state index contributed by atoms with van der Waals surface area (Å²) in [4.78, 5) is 16.8. The summed E-state index contributed by atoms with van der Waals surface area (Å²) in [5, 5.41) is 0. The molecule has 0 aromatic rings. The number of hydrogen-bond acceptors (Lipinski definition) is 2. The molecule has 0 aromatic carbocycles. The van der Waals surface area contributed by atoms with E-state index in [9.17, 15) is 4.79 Å². The smallest absolute Gasteiger partial charge is 0.222 e. The fourth-order valence-electron chi connectivity index (χ4n) is 4.07. The van der Waals surface area contributed by atoms with Crippen LogP contribution in [0.2, 0.25) is 0 Å². The topological polar surface area (TPSA) is 23.6 Å². The van der Waals surface area contributed by atoms with E-state index >= 15 is 0 Å². The SMILES string of the molecule is CC(C)N1C[C@H]2C[C@H](C1)[C@@H]1CCCC(=O)N1C2. The maximum atomic E-state index is 12.0. The van der Waals surface area contributed by atoms with Crippen LogP contribution in [0.1, 0.15) is 39.5 Å². The largest absolute Gasteiger partial charge is 0.339 e. The van der Waals surface area contributed by atoms with E-state index in [0.717, 1.165) is 31.2 Å². The molecule has 0 aromatic heterocycles. The summed E-state index contributed by atoms with van der Waals surface area (Å²) >= 11 is 0. The first-order chi connectivity index (χ1) is 8.15. The van der Waals surface area contributed by atoms with Crippen molar-refractivity contribution in [1.82, 2.24) is 9.80 Å². The normalized spacial score (nSPS) is 38.4. The van der Waals surface area contributed by atoms with E-state index in [1.807, 2.05) is 0 Å². The third kappa shape index (κ3) is 1.99. The third-order valence-electron chi connectivity index (χ3n) is 4.94. The van der Waals surface area contributed by atoms with Gasteiger partial charge in [0.1, 0.15) is 0 Å². The Morgan fingerprint density at radius 3 is 2.82 bits per heavy atom. The predicted octanol–water partition coefficient (Wildman–Crippen LogP) is 1.73. The molecule has 17 heavy (non-hydrogen) atoms. The molecular weight excluding hydrogens is 212 g/mol. The molecule has 3 nitrogen and oxygen atoms in total. The van der Waals surface area contributed by atoms with Gasteiger partial charge < -0.3 is 9.80 Å². The van der Waals surface area contributed by atoms with Gasteiger partial charge in [0.15, 0.2) is 0 Å². The van der Waals surface area contributed by atoms with Crippen LogP contribution in [0.5, 0.6) is 0 Å². The molecule has 3 heterocycles. The Kier molecular flexibility index (Phi) is 2.89. The van der Waals surface area contributed by atoms with Crippen LogP contribution in [0, 0.1) is 11.8 Å². The summed E-state index contributed by atoms with van der Waals surface area (Å²) in [5.74, 6) is 1.90. The molecule has 0 radical (unpaired) electrons. The lowest BCUT2D eigenvalue weighted by atomic mass is 9.75. The van der Waals surface area contributed by atoms with Crippen LogP contribution in [0.25, 0.3) is 0 Å². The number of carbonyl (C=O) groups is 1. The first-order valence-electron chi connectivity index (χ1n) is 7.18. The highest BCUT2D eigenvalue weighted by atomic mass is 16.2. The van der Waals surface area contributed by atoms with Crippen LogP contribution in [0.3, 0.4) is 0 Å². The Labute approximate surface area is 104 Å². The van der Waals surface area contributed by atoms with Gasteiger partial charge in [0.2, 0.25) is 5.91 Å². The second-order valence-electron chi connectivity index (χ2n) is 6.42. The van der Waals surface area contributed by atoms with Gasteiger partial charge in [0, 0.05) is 38.1 Å². The number of likely N-dealkylation sites (tertiary alicyclic amines) is 1. The van der Waals surface area contributed by atoms with Crippen molar-refractivity contribution in [3.05, 3.63) is 0 Å². The van der Waals surface area contributed by atoms with Gasteiger partial charge in [-0.2, -0.15) is 0 Å². The fourth-order valence-corrected chi connectivity index (χ4v) is 4.07. The quantitative estimate of drug-likeness (QED) is 0.692. The summed E-state index contributed by atoms with van der Waals surface area (Å²) in [5.41, 5.74) is 0. The fraction of sp³-hybridized carbons (Fsp3) is 0.929.